The Hall–Kier alpha value is -3.45. The lowest BCUT2D eigenvalue weighted by Gasteiger charge is -2.17. The fraction of sp³-hybridized carbons (Fsp3) is 0.292. The topological polar surface area (TPSA) is 72.3 Å². The summed E-state index contributed by atoms with van der Waals surface area (Å²) in [6.07, 6.45) is 5.20. The molecule has 0 saturated heterocycles. The second-order valence-electron chi connectivity index (χ2n) is 7.43. The third kappa shape index (κ3) is 6.02. The Morgan fingerprint density at radius 3 is 2.58 bits per heavy atom. The van der Waals surface area contributed by atoms with Gasteiger partial charge in [0.1, 0.15) is 11.6 Å². The van der Waals surface area contributed by atoms with Crippen LogP contribution in [0.3, 0.4) is 0 Å². The average Bonchev–Trinajstić information content (AvgIpc) is 3.09. The zero-order valence-electron chi connectivity index (χ0n) is 17.5. The number of aromatic nitrogens is 3. The standard InChI is InChI=1S/C24H27N5O2/c30-24(19-31-21-11-5-2-6-12-21)25-18-23-27-26-22-13-15-28(16-17-29(22)23)14-7-10-20-8-3-1-4-9-20/h1-12H,13-19H2,(H,25,30). The lowest BCUT2D eigenvalue weighted by atomic mass is 10.2. The Balaban J connectivity index is 1.25. The highest BCUT2D eigenvalue weighted by Crippen LogP contribution is 2.11. The summed E-state index contributed by atoms with van der Waals surface area (Å²) < 4.78 is 7.61. The van der Waals surface area contributed by atoms with Gasteiger partial charge in [0.25, 0.3) is 5.91 Å². The average molecular weight is 418 g/mol. The van der Waals surface area contributed by atoms with E-state index in [0.717, 1.165) is 44.2 Å². The lowest BCUT2D eigenvalue weighted by molar-refractivity contribution is -0.123. The van der Waals surface area contributed by atoms with Gasteiger partial charge in [-0.05, 0) is 17.7 Å². The molecule has 7 nitrogen and oxygen atoms in total. The van der Waals surface area contributed by atoms with Gasteiger partial charge in [-0.3, -0.25) is 9.69 Å². The summed E-state index contributed by atoms with van der Waals surface area (Å²) in [6.45, 7) is 3.89. The van der Waals surface area contributed by atoms with E-state index in [0.29, 0.717) is 12.3 Å². The number of carbonyl (C=O) groups excluding carboxylic acids is 1. The molecule has 1 aliphatic rings. The summed E-state index contributed by atoms with van der Waals surface area (Å²) in [4.78, 5) is 14.5. The number of carbonyl (C=O) groups is 1. The number of benzene rings is 2. The van der Waals surface area contributed by atoms with E-state index in [9.17, 15) is 4.79 Å². The molecule has 1 N–H and O–H groups in total. The molecule has 0 fully saturated rings. The first-order valence-electron chi connectivity index (χ1n) is 10.6. The van der Waals surface area contributed by atoms with Crippen LogP contribution in [0, 0.1) is 0 Å². The molecule has 3 aromatic rings. The molecule has 0 radical (unpaired) electrons. The van der Waals surface area contributed by atoms with Gasteiger partial charge in [-0.15, -0.1) is 10.2 Å². The Bertz CT molecular complexity index is 1000. The maximum absolute atomic E-state index is 12.1. The minimum absolute atomic E-state index is 0.0213. The van der Waals surface area contributed by atoms with E-state index in [1.54, 1.807) is 0 Å². The molecule has 1 amide bonds. The molecular weight excluding hydrogens is 390 g/mol. The number of para-hydroxylation sites is 1. The second kappa shape index (κ2) is 10.5. The summed E-state index contributed by atoms with van der Waals surface area (Å²) in [7, 11) is 0. The smallest absolute Gasteiger partial charge is 0.258 e. The van der Waals surface area contributed by atoms with Crippen LogP contribution >= 0.6 is 0 Å². The van der Waals surface area contributed by atoms with E-state index in [2.05, 4.69) is 49.3 Å². The number of amides is 1. The molecule has 0 saturated carbocycles. The maximum Gasteiger partial charge on any atom is 0.258 e. The van der Waals surface area contributed by atoms with Crippen molar-refractivity contribution in [2.45, 2.75) is 19.5 Å². The molecule has 4 rings (SSSR count). The van der Waals surface area contributed by atoms with Crippen LogP contribution in [0.25, 0.3) is 6.08 Å². The number of nitrogens with zero attached hydrogens (tertiary/aromatic N) is 4. The van der Waals surface area contributed by atoms with Crippen LogP contribution in [0.1, 0.15) is 17.2 Å². The fourth-order valence-electron chi connectivity index (χ4n) is 3.54. The van der Waals surface area contributed by atoms with Crippen molar-refractivity contribution >= 4 is 12.0 Å². The molecule has 1 aromatic heterocycles. The third-order valence-electron chi connectivity index (χ3n) is 5.23. The van der Waals surface area contributed by atoms with Gasteiger partial charge in [-0.25, -0.2) is 0 Å². The molecule has 0 unspecified atom stereocenters. The molecule has 31 heavy (non-hydrogen) atoms. The number of hydrogen-bond acceptors (Lipinski definition) is 5. The normalized spacial score (nSPS) is 14.2. The molecule has 2 aromatic carbocycles. The molecule has 0 aliphatic carbocycles. The molecule has 2 heterocycles. The molecule has 0 bridgehead atoms. The summed E-state index contributed by atoms with van der Waals surface area (Å²) in [6, 6.07) is 19.6. The highest BCUT2D eigenvalue weighted by Gasteiger charge is 2.18. The van der Waals surface area contributed by atoms with Crippen molar-refractivity contribution in [3.8, 4) is 5.75 Å². The Labute approximate surface area is 182 Å². The monoisotopic (exact) mass is 417 g/mol. The molecule has 0 atom stereocenters. The van der Waals surface area contributed by atoms with E-state index in [1.807, 2.05) is 48.5 Å². The van der Waals surface area contributed by atoms with E-state index >= 15 is 0 Å². The SMILES string of the molecule is O=C(COc1ccccc1)NCc1nnc2n1CCN(CC=Cc1ccccc1)CC2. The number of rotatable bonds is 8. The first kappa shape index (κ1) is 20.8. The number of hydrogen-bond donors (Lipinski definition) is 1. The molecular formula is C24H27N5O2. The largest absolute Gasteiger partial charge is 0.484 e. The van der Waals surface area contributed by atoms with Crippen LogP contribution in [-0.2, 0) is 24.3 Å². The Morgan fingerprint density at radius 1 is 1.00 bits per heavy atom. The maximum atomic E-state index is 12.1. The minimum Gasteiger partial charge on any atom is -0.484 e. The number of ether oxygens (including phenoxy) is 1. The summed E-state index contributed by atoms with van der Waals surface area (Å²) in [5, 5.41) is 11.5. The van der Waals surface area contributed by atoms with Gasteiger partial charge < -0.3 is 14.6 Å². The number of nitrogens with one attached hydrogen (secondary N) is 1. The van der Waals surface area contributed by atoms with Crippen molar-refractivity contribution in [2.75, 3.05) is 26.2 Å². The summed E-state index contributed by atoms with van der Waals surface area (Å²) in [5.41, 5.74) is 1.21. The quantitative estimate of drug-likeness (QED) is 0.610. The Kier molecular flexibility index (Phi) is 7.08. The van der Waals surface area contributed by atoms with E-state index in [4.69, 9.17) is 4.74 Å². The van der Waals surface area contributed by atoms with Crippen molar-refractivity contribution in [2.24, 2.45) is 0 Å². The molecule has 7 heteroatoms. The molecule has 1 aliphatic heterocycles. The van der Waals surface area contributed by atoms with E-state index in [-0.39, 0.29) is 12.5 Å². The van der Waals surface area contributed by atoms with Gasteiger partial charge in [0.2, 0.25) is 0 Å². The highest BCUT2D eigenvalue weighted by atomic mass is 16.5. The van der Waals surface area contributed by atoms with Gasteiger partial charge in [-0.1, -0.05) is 60.7 Å². The van der Waals surface area contributed by atoms with Crippen molar-refractivity contribution < 1.29 is 9.53 Å². The van der Waals surface area contributed by atoms with E-state index in [1.165, 1.54) is 5.56 Å². The zero-order valence-corrected chi connectivity index (χ0v) is 17.5. The minimum atomic E-state index is -0.178. The first-order valence-corrected chi connectivity index (χ1v) is 10.6. The third-order valence-corrected chi connectivity index (χ3v) is 5.23. The first-order chi connectivity index (χ1) is 15.3. The van der Waals surface area contributed by atoms with Gasteiger partial charge in [0.05, 0.1) is 6.54 Å². The lowest BCUT2D eigenvalue weighted by Crippen LogP contribution is -2.30. The number of fused-ring (bicyclic) bond motifs is 1. The van der Waals surface area contributed by atoms with Crippen LogP contribution in [0.4, 0.5) is 0 Å². The predicted molar refractivity (Wildman–Crippen MR) is 119 cm³/mol. The predicted octanol–water partition coefficient (Wildman–Crippen LogP) is 2.54. The van der Waals surface area contributed by atoms with Crippen molar-refractivity contribution in [3.05, 3.63) is 84.0 Å². The van der Waals surface area contributed by atoms with Crippen molar-refractivity contribution in [1.82, 2.24) is 25.0 Å². The Morgan fingerprint density at radius 2 is 1.77 bits per heavy atom. The fourth-order valence-corrected chi connectivity index (χ4v) is 3.54. The van der Waals surface area contributed by atoms with Crippen LogP contribution in [0.15, 0.2) is 66.7 Å². The van der Waals surface area contributed by atoms with Crippen molar-refractivity contribution in [1.29, 1.82) is 0 Å². The van der Waals surface area contributed by atoms with Crippen LogP contribution in [-0.4, -0.2) is 51.8 Å². The molecule has 0 spiro atoms. The second-order valence-corrected chi connectivity index (χ2v) is 7.43. The van der Waals surface area contributed by atoms with Crippen LogP contribution < -0.4 is 10.1 Å². The van der Waals surface area contributed by atoms with Crippen LogP contribution in [0.2, 0.25) is 0 Å². The zero-order chi connectivity index (χ0) is 21.3. The van der Waals surface area contributed by atoms with Crippen LogP contribution in [0.5, 0.6) is 5.75 Å². The van der Waals surface area contributed by atoms with E-state index < -0.39 is 0 Å². The summed E-state index contributed by atoms with van der Waals surface area (Å²) >= 11 is 0. The highest BCUT2D eigenvalue weighted by molar-refractivity contribution is 5.77. The van der Waals surface area contributed by atoms with Crippen molar-refractivity contribution in [3.63, 3.8) is 0 Å². The summed E-state index contributed by atoms with van der Waals surface area (Å²) in [5.74, 6) is 2.25. The van der Waals surface area contributed by atoms with Gasteiger partial charge in [0, 0.05) is 32.6 Å². The van der Waals surface area contributed by atoms with Gasteiger partial charge >= 0.3 is 0 Å². The van der Waals surface area contributed by atoms with Gasteiger partial charge in [-0.2, -0.15) is 0 Å². The van der Waals surface area contributed by atoms with Gasteiger partial charge in [0.15, 0.2) is 12.4 Å². The molecule has 160 valence electrons.